The molecule has 0 saturated carbocycles. The molecule has 0 aliphatic heterocycles. The molecule has 0 aliphatic rings. The van der Waals surface area contributed by atoms with E-state index in [1.54, 1.807) is 6.92 Å². The Bertz CT molecular complexity index is 185. The average molecular weight is 300 g/mol. The molecule has 0 saturated heterocycles. The number of hydrogen-bond donors (Lipinski definition) is 2. The maximum absolute atomic E-state index is 9.86. The number of rotatable bonds is 10. The zero-order valence-corrected chi connectivity index (χ0v) is 14.2. The third-order valence-electron chi connectivity index (χ3n) is 2.80. The van der Waals surface area contributed by atoms with Crippen molar-refractivity contribution < 1.29 is 31.8 Å². The summed E-state index contributed by atoms with van der Waals surface area (Å²) < 4.78 is 30.6. The second-order valence-corrected chi connectivity index (χ2v) is 11.7. The van der Waals surface area contributed by atoms with Crippen molar-refractivity contribution in [3.05, 3.63) is 0 Å². The molecule has 0 amide bonds. The molecule has 0 atom stereocenters. The van der Waals surface area contributed by atoms with Gasteiger partial charge >= 0.3 is 112 Å². The molecular weight excluding hydrogens is 272 g/mol. The van der Waals surface area contributed by atoms with E-state index in [1.165, 1.54) is 0 Å². The molecule has 0 radical (unpaired) electrons. The molecule has 6 heteroatoms. The molecule has 0 aromatic carbocycles. The van der Waals surface area contributed by atoms with Gasteiger partial charge < -0.3 is 0 Å². The Morgan fingerprint density at radius 2 is 1.29 bits per heavy atom. The van der Waals surface area contributed by atoms with Crippen LogP contribution in [0.3, 0.4) is 0 Å². The van der Waals surface area contributed by atoms with Crippen LogP contribution in [0, 0.1) is 0 Å². The van der Waals surface area contributed by atoms with E-state index < -0.39 is 26.5 Å². The molecule has 0 heterocycles. The predicted molar refractivity (Wildman–Crippen MR) is 68.2 cm³/mol. The zero-order valence-electron chi connectivity index (χ0n) is 11.7. The fourth-order valence-electron chi connectivity index (χ4n) is 2.39. The first kappa shape index (κ1) is 17.8. The van der Waals surface area contributed by atoms with Crippen molar-refractivity contribution in [1.82, 2.24) is 0 Å². The fraction of sp³-hybridized carbons (Fsp3) is 1.00. The molecular formula is C11H28O4SiTi. The van der Waals surface area contributed by atoms with Gasteiger partial charge in [0.15, 0.2) is 0 Å². The molecule has 0 unspecified atom stereocenters. The van der Waals surface area contributed by atoms with E-state index in [1.807, 2.05) is 0 Å². The van der Waals surface area contributed by atoms with Crippen LogP contribution in [0.25, 0.3) is 0 Å². The number of hydrogen-bond acceptors (Lipinski definition) is 4. The van der Waals surface area contributed by atoms with E-state index >= 15 is 0 Å². The Hall–Kier alpha value is 0.771. The van der Waals surface area contributed by atoms with E-state index in [-0.39, 0.29) is 0 Å². The molecule has 0 bridgehead atoms. The summed E-state index contributed by atoms with van der Waals surface area (Å²) in [5.74, 6) is 0. The van der Waals surface area contributed by atoms with Crippen LogP contribution in [-0.4, -0.2) is 22.3 Å². The van der Waals surface area contributed by atoms with Gasteiger partial charge in [0.25, 0.3) is 0 Å². The maximum atomic E-state index is 9.86. The van der Waals surface area contributed by atoms with Crippen LogP contribution in [0.5, 0.6) is 0 Å². The summed E-state index contributed by atoms with van der Waals surface area (Å²) in [6.45, 7) is 8.45. The quantitative estimate of drug-likeness (QED) is 0.609. The zero-order chi connectivity index (χ0) is 13.4. The van der Waals surface area contributed by atoms with Crippen LogP contribution >= 0.6 is 0 Å². The first-order valence-electron chi connectivity index (χ1n) is 6.74. The van der Waals surface area contributed by atoms with Gasteiger partial charge in [-0.25, -0.2) is 0 Å². The van der Waals surface area contributed by atoms with E-state index in [9.17, 15) is 7.38 Å². The molecule has 0 aromatic rings. The summed E-state index contributed by atoms with van der Waals surface area (Å²) in [5.41, 5.74) is 0. The van der Waals surface area contributed by atoms with E-state index in [0.29, 0.717) is 6.61 Å². The Balaban J connectivity index is 4.74. The summed E-state index contributed by atoms with van der Waals surface area (Å²) in [6.07, 6.45) is 3.12. The Labute approximate surface area is 112 Å². The minimum atomic E-state index is -4.41. The summed E-state index contributed by atoms with van der Waals surface area (Å²) >= 11 is -4.41. The van der Waals surface area contributed by atoms with Gasteiger partial charge in [0.2, 0.25) is 0 Å². The predicted octanol–water partition coefficient (Wildman–Crippen LogP) is 3.01. The van der Waals surface area contributed by atoms with Gasteiger partial charge in [-0.05, 0) is 0 Å². The third-order valence-corrected chi connectivity index (χ3v) is 12.0. The molecule has 4 nitrogen and oxygen atoms in total. The molecule has 104 valence electrons. The van der Waals surface area contributed by atoms with Crippen LogP contribution in [0.1, 0.15) is 47.0 Å². The molecule has 0 aliphatic carbocycles. The van der Waals surface area contributed by atoms with Crippen LogP contribution < -0.4 is 0 Å². The fourth-order valence-corrected chi connectivity index (χ4v) is 11.7. The van der Waals surface area contributed by atoms with Gasteiger partial charge in [-0.1, -0.05) is 0 Å². The van der Waals surface area contributed by atoms with Crippen molar-refractivity contribution in [2.75, 3.05) is 6.61 Å². The van der Waals surface area contributed by atoms with Gasteiger partial charge in [0, 0.05) is 0 Å². The molecule has 2 N–H and O–H groups in total. The second kappa shape index (κ2) is 8.80. The Kier molecular flexibility index (Phi) is 9.20. The van der Waals surface area contributed by atoms with Crippen molar-refractivity contribution in [3.63, 3.8) is 0 Å². The van der Waals surface area contributed by atoms with Crippen molar-refractivity contribution in [1.29, 1.82) is 0 Å². The SMILES string of the molecule is CCC[Si](CCC)(CCC)[O][Ti]([OH])([OH])[O]CC. The van der Waals surface area contributed by atoms with Gasteiger partial charge in [0.1, 0.15) is 0 Å². The van der Waals surface area contributed by atoms with E-state index in [0.717, 1.165) is 37.4 Å². The molecule has 0 spiro atoms. The van der Waals surface area contributed by atoms with E-state index in [4.69, 9.17) is 6.33 Å². The summed E-state index contributed by atoms with van der Waals surface area (Å²) in [7, 11) is -2.01. The standard InChI is InChI=1S/C9H21OSi.C2H5O.2H2O.Ti/c1-4-7-11(10,8-5-2)9-6-3;1-2-3;;;/h4-9H2,1-3H3;2H2,1H3;2*1H2;/q2*-1;;;+4/p-2. The molecule has 0 aromatic heterocycles. The molecule has 0 rings (SSSR count). The van der Waals surface area contributed by atoms with Crippen molar-refractivity contribution in [2.45, 2.75) is 65.1 Å². The van der Waals surface area contributed by atoms with Gasteiger partial charge in [-0.3, -0.25) is 0 Å². The van der Waals surface area contributed by atoms with Gasteiger partial charge in [-0.2, -0.15) is 0 Å². The summed E-state index contributed by atoms with van der Waals surface area (Å²) in [5, 5.41) is 0. The van der Waals surface area contributed by atoms with Gasteiger partial charge in [-0.15, -0.1) is 0 Å². The van der Waals surface area contributed by atoms with E-state index in [2.05, 4.69) is 20.8 Å². The minimum absolute atomic E-state index is 0.307. The molecule has 17 heavy (non-hydrogen) atoms. The van der Waals surface area contributed by atoms with Gasteiger partial charge in [0.05, 0.1) is 0 Å². The topological polar surface area (TPSA) is 58.9 Å². The Morgan fingerprint density at radius 3 is 1.59 bits per heavy atom. The average Bonchev–Trinajstić information content (AvgIpc) is 2.17. The summed E-state index contributed by atoms with van der Waals surface area (Å²) in [4.78, 5) is 0. The van der Waals surface area contributed by atoms with Crippen molar-refractivity contribution in [3.8, 4) is 0 Å². The van der Waals surface area contributed by atoms with Crippen molar-refractivity contribution >= 4 is 8.32 Å². The first-order valence-corrected chi connectivity index (χ1v) is 11.9. The van der Waals surface area contributed by atoms with Crippen LogP contribution in [0.2, 0.25) is 18.1 Å². The second-order valence-electron chi connectivity index (χ2n) is 4.52. The first-order chi connectivity index (χ1) is 7.95. The van der Waals surface area contributed by atoms with Crippen LogP contribution in [-0.2, 0) is 24.5 Å². The van der Waals surface area contributed by atoms with Crippen LogP contribution in [0.4, 0.5) is 0 Å². The third kappa shape index (κ3) is 7.06. The normalized spacial score (nSPS) is 13.1. The monoisotopic (exact) mass is 300 g/mol. The summed E-state index contributed by atoms with van der Waals surface area (Å²) in [6, 6.07) is 2.99. The Morgan fingerprint density at radius 1 is 0.882 bits per heavy atom. The van der Waals surface area contributed by atoms with Crippen molar-refractivity contribution in [2.24, 2.45) is 0 Å². The molecule has 0 fully saturated rings. The van der Waals surface area contributed by atoms with Crippen LogP contribution in [0.15, 0.2) is 0 Å².